The van der Waals surface area contributed by atoms with E-state index < -0.39 is 0 Å². The van der Waals surface area contributed by atoms with Crippen molar-refractivity contribution in [2.45, 2.75) is 6.61 Å². The lowest BCUT2D eigenvalue weighted by Crippen LogP contribution is -2.12. The molecule has 0 aliphatic carbocycles. The Balaban J connectivity index is 2.12. The van der Waals surface area contributed by atoms with Crippen LogP contribution < -0.4 is 10.5 Å². The molecule has 5 nitrogen and oxygen atoms in total. The van der Waals surface area contributed by atoms with Crippen molar-refractivity contribution in [3.8, 4) is 11.5 Å². The molecule has 0 saturated carbocycles. The van der Waals surface area contributed by atoms with Crippen LogP contribution in [-0.2, 0) is 11.3 Å². The Morgan fingerprint density at radius 3 is 2.74 bits per heavy atom. The van der Waals surface area contributed by atoms with Crippen molar-refractivity contribution < 1.29 is 9.47 Å². The predicted octanol–water partition coefficient (Wildman–Crippen LogP) is 2.30. The highest BCUT2D eigenvalue weighted by molar-refractivity contribution is 5.92. The first-order valence-corrected chi connectivity index (χ1v) is 5.75. The smallest absolute Gasteiger partial charge is 0.145 e. The van der Waals surface area contributed by atoms with Gasteiger partial charge in [-0.1, -0.05) is 12.1 Å². The average molecular weight is 257 g/mol. The van der Waals surface area contributed by atoms with Crippen molar-refractivity contribution in [2.75, 3.05) is 7.11 Å². The Labute approximate surface area is 111 Å². The normalized spacial score (nSPS) is 10.2. The van der Waals surface area contributed by atoms with Gasteiger partial charge < -0.3 is 15.2 Å². The number of nitrogens with two attached hydrogens (primary N) is 1. The minimum Gasteiger partial charge on any atom is -0.456 e. The van der Waals surface area contributed by atoms with Gasteiger partial charge in [-0.2, -0.15) is 0 Å². The number of nitrogen functional groups attached to an aromatic ring is 1. The van der Waals surface area contributed by atoms with Crippen LogP contribution in [0, 0.1) is 5.41 Å². The highest BCUT2D eigenvalue weighted by Gasteiger charge is 2.02. The molecule has 0 fully saturated rings. The van der Waals surface area contributed by atoms with Gasteiger partial charge in [-0.05, 0) is 29.8 Å². The van der Waals surface area contributed by atoms with Gasteiger partial charge >= 0.3 is 0 Å². The van der Waals surface area contributed by atoms with E-state index in [1.807, 2.05) is 24.3 Å². The summed E-state index contributed by atoms with van der Waals surface area (Å²) >= 11 is 0. The number of amidine groups is 1. The molecule has 0 bridgehead atoms. The Kier molecular flexibility index (Phi) is 4.10. The zero-order chi connectivity index (χ0) is 13.7. The van der Waals surface area contributed by atoms with Crippen molar-refractivity contribution in [2.24, 2.45) is 5.73 Å². The van der Waals surface area contributed by atoms with Gasteiger partial charge in [0.15, 0.2) is 0 Å². The van der Waals surface area contributed by atoms with E-state index in [-0.39, 0.29) is 5.84 Å². The first-order valence-electron chi connectivity index (χ1n) is 5.75. The number of nitrogens with zero attached hydrogens (tertiary/aromatic N) is 1. The summed E-state index contributed by atoms with van der Waals surface area (Å²) in [7, 11) is 1.65. The molecule has 0 unspecified atom stereocenters. The number of pyridine rings is 1. The molecule has 3 N–H and O–H groups in total. The lowest BCUT2D eigenvalue weighted by molar-refractivity contribution is 0.184. The Hall–Kier alpha value is -2.40. The minimum absolute atomic E-state index is 0.0614. The summed E-state index contributed by atoms with van der Waals surface area (Å²) in [6.45, 7) is 0.540. The van der Waals surface area contributed by atoms with E-state index >= 15 is 0 Å². The fraction of sp³-hybridized carbons (Fsp3) is 0.143. The Morgan fingerprint density at radius 2 is 2.11 bits per heavy atom. The molecule has 0 atom stereocenters. The van der Waals surface area contributed by atoms with Crippen molar-refractivity contribution >= 4 is 5.84 Å². The minimum atomic E-state index is -0.0614. The molecule has 2 aromatic rings. The molecule has 0 aliphatic rings. The van der Waals surface area contributed by atoms with E-state index in [4.69, 9.17) is 20.6 Å². The van der Waals surface area contributed by atoms with Gasteiger partial charge in [0.2, 0.25) is 0 Å². The average Bonchev–Trinajstić information content (AvgIpc) is 2.40. The van der Waals surface area contributed by atoms with Gasteiger partial charge in [0.1, 0.15) is 23.0 Å². The number of hydrogen-bond acceptors (Lipinski definition) is 4. The lowest BCUT2D eigenvalue weighted by Gasteiger charge is -2.07. The first-order chi connectivity index (χ1) is 9.19. The SMILES string of the molecule is COCc1cccc(Oc2ccc(C(=N)N)nc2)c1. The highest BCUT2D eigenvalue weighted by atomic mass is 16.5. The van der Waals surface area contributed by atoms with Crippen LogP contribution in [0.5, 0.6) is 11.5 Å². The van der Waals surface area contributed by atoms with Crippen LogP contribution in [0.2, 0.25) is 0 Å². The standard InChI is InChI=1S/C14H15N3O2/c1-18-9-10-3-2-4-11(7-10)19-12-5-6-13(14(15)16)17-8-12/h2-8H,9H2,1H3,(H3,15,16). The zero-order valence-corrected chi connectivity index (χ0v) is 10.6. The third-order valence-electron chi connectivity index (χ3n) is 2.46. The van der Waals surface area contributed by atoms with Crippen LogP contribution in [0.15, 0.2) is 42.6 Å². The summed E-state index contributed by atoms with van der Waals surface area (Å²) in [5, 5.41) is 7.26. The van der Waals surface area contributed by atoms with Crippen LogP contribution in [0.25, 0.3) is 0 Å². The summed E-state index contributed by atoms with van der Waals surface area (Å²) < 4.78 is 10.7. The topological polar surface area (TPSA) is 81.2 Å². The molecule has 0 saturated heterocycles. The van der Waals surface area contributed by atoms with Gasteiger partial charge in [-0.25, -0.2) is 4.98 Å². The largest absolute Gasteiger partial charge is 0.456 e. The molecule has 5 heteroatoms. The van der Waals surface area contributed by atoms with Gasteiger partial charge in [-0.3, -0.25) is 5.41 Å². The number of aromatic nitrogens is 1. The number of benzene rings is 1. The van der Waals surface area contributed by atoms with E-state index in [0.29, 0.717) is 23.8 Å². The molecule has 0 spiro atoms. The molecule has 0 aliphatic heterocycles. The second kappa shape index (κ2) is 5.97. The third kappa shape index (κ3) is 3.53. The maximum absolute atomic E-state index is 7.26. The van der Waals surface area contributed by atoms with Crippen LogP contribution in [0.4, 0.5) is 0 Å². The van der Waals surface area contributed by atoms with Crippen molar-refractivity contribution in [3.05, 3.63) is 53.9 Å². The van der Waals surface area contributed by atoms with Crippen molar-refractivity contribution in [1.82, 2.24) is 4.98 Å². The third-order valence-corrected chi connectivity index (χ3v) is 2.46. The Morgan fingerprint density at radius 1 is 1.26 bits per heavy atom. The van der Waals surface area contributed by atoms with Crippen LogP contribution in [-0.4, -0.2) is 17.9 Å². The summed E-state index contributed by atoms with van der Waals surface area (Å²) in [6, 6.07) is 11.0. The molecule has 98 valence electrons. The van der Waals surface area contributed by atoms with Crippen molar-refractivity contribution in [1.29, 1.82) is 5.41 Å². The Bertz CT molecular complexity index is 567. The molecule has 0 radical (unpaired) electrons. The molecule has 0 amide bonds. The molecule has 1 aromatic carbocycles. The number of ether oxygens (including phenoxy) is 2. The van der Waals surface area contributed by atoms with E-state index in [1.165, 1.54) is 0 Å². The summed E-state index contributed by atoms with van der Waals surface area (Å²) in [5.41, 5.74) is 6.80. The second-order valence-electron chi connectivity index (χ2n) is 3.98. The van der Waals surface area contributed by atoms with Crippen LogP contribution >= 0.6 is 0 Å². The van der Waals surface area contributed by atoms with Gasteiger partial charge in [0.25, 0.3) is 0 Å². The van der Waals surface area contributed by atoms with E-state index in [9.17, 15) is 0 Å². The monoisotopic (exact) mass is 257 g/mol. The second-order valence-corrected chi connectivity index (χ2v) is 3.98. The zero-order valence-electron chi connectivity index (χ0n) is 10.6. The highest BCUT2D eigenvalue weighted by Crippen LogP contribution is 2.21. The van der Waals surface area contributed by atoms with E-state index in [2.05, 4.69) is 4.98 Å². The predicted molar refractivity (Wildman–Crippen MR) is 72.5 cm³/mol. The number of hydrogen-bond donors (Lipinski definition) is 2. The number of rotatable bonds is 5. The summed E-state index contributed by atoms with van der Waals surface area (Å²) in [4.78, 5) is 4.03. The summed E-state index contributed by atoms with van der Waals surface area (Å²) in [5.74, 6) is 1.25. The van der Waals surface area contributed by atoms with Gasteiger partial charge in [0, 0.05) is 7.11 Å². The molecular formula is C14H15N3O2. The maximum Gasteiger partial charge on any atom is 0.145 e. The summed E-state index contributed by atoms with van der Waals surface area (Å²) in [6.07, 6.45) is 1.54. The van der Waals surface area contributed by atoms with Crippen molar-refractivity contribution in [3.63, 3.8) is 0 Å². The van der Waals surface area contributed by atoms with E-state index in [0.717, 1.165) is 5.56 Å². The van der Waals surface area contributed by atoms with Crippen LogP contribution in [0.3, 0.4) is 0 Å². The lowest BCUT2D eigenvalue weighted by atomic mass is 10.2. The number of nitrogens with one attached hydrogen (secondary N) is 1. The molecular weight excluding hydrogens is 242 g/mol. The van der Waals surface area contributed by atoms with Gasteiger partial charge in [-0.15, -0.1) is 0 Å². The molecule has 19 heavy (non-hydrogen) atoms. The molecule has 2 rings (SSSR count). The van der Waals surface area contributed by atoms with E-state index in [1.54, 1.807) is 25.4 Å². The quantitative estimate of drug-likeness (QED) is 0.636. The maximum atomic E-state index is 7.26. The molecule has 1 aromatic heterocycles. The molecule has 1 heterocycles. The fourth-order valence-corrected chi connectivity index (χ4v) is 1.60. The van der Waals surface area contributed by atoms with Gasteiger partial charge in [0.05, 0.1) is 12.8 Å². The van der Waals surface area contributed by atoms with Crippen LogP contribution in [0.1, 0.15) is 11.3 Å². The fourth-order valence-electron chi connectivity index (χ4n) is 1.60. The number of methoxy groups -OCH3 is 1. The first kappa shape index (κ1) is 13.0.